The summed E-state index contributed by atoms with van der Waals surface area (Å²) in [5, 5.41) is 0. The monoisotopic (exact) mass is 707 g/mol. The van der Waals surface area contributed by atoms with Gasteiger partial charge in [-0.05, 0) is 91.3 Å². The smallest absolute Gasteiger partial charge is 0.104 e. The van der Waals surface area contributed by atoms with Crippen LogP contribution in [0.15, 0.2) is 48.5 Å². The molecular formula is C30H53Cl4N2P2S2+. The Morgan fingerprint density at radius 3 is 1.32 bits per heavy atom. The third-order valence-electron chi connectivity index (χ3n) is 5.39. The topological polar surface area (TPSA) is 3.24 Å². The highest BCUT2D eigenvalue weighted by Gasteiger charge is 2.14. The average Bonchev–Trinajstić information content (AvgIpc) is 2.94. The van der Waals surface area contributed by atoms with Crippen LogP contribution in [0, 0.1) is 0 Å². The molecule has 0 atom stereocenters. The van der Waals surface area contributed by atoms with Crippen LogP contribution in [-0.2, 0) is 48.9 Å². The molecule has 0 aliphatic rings. The molecule has 0 aliphatic carbocycles. The second-order valence-electron chi connectivity index (χ2n) is 9.69. The summed E-state index contributed by atoms with van der Waals surface area (Å²) in [5.74, 6) is 1.43. The molecule has 0 heterocycles. The molecule has 0 radical (unpaired) electrons. The number of aryl methyl sites for hydroxylation is 2. The van der Waals surface area contributed by atoms with E-state index in [0.29, 0.717) is 12.6 Å². The number of nitrogens with zero attached hydrogens (tertiary/aromatic N) is 2. The van der Waals surface area contributed by atoms with Gasteiger partial charge in [0.05, 0.1) is 34.9 Å². The van der Waals surface area contributed by atoms with Crippen molar-refractivity contribution in [3.05, 3.63) is 70.8 Å². The molecule has 0 saturated heterocycles. The number of benzene rings is 2. The molecule has 0 aromatic heterocycles. The number of alkyl halides is 2. The van der Waals surface area contributed by atoms with E-state index >= 15 is 0 Å². The fourth-order valence-electron chi connectivity index (χ4n) is 3.04. The largest absolute Gasteiger partial charge is 0.325 e. The van der Waals surface area contributed by atoms with E-state index in [2.05, 4.69) is 114 Å². The Morgan fingerprint density at radius 2 is 1.07 bits per heavy atom. The van der Waals surface area contributed by atoms with E-state index in [1.807, 2.05) is 18.8 Å². The SMILES string of the molecule is CCCCCl.CCCC[N+](C)(C)Cc1ccc(CC)cc1.CCc1ccc(CCl)cc1.CN(C)P=S.Cl.S=PCl. The summed E-state index contributed by atoms with van der Waals surface area (Å²) in [4.78, 5) is 0. The van der Waals surface area contributed by atoms with Crippen LogP contribution in [0.5, 0.6) is 0 Å². The first-order valence-corrected chi connectivity index (χ1v) is 19.3. The van der Waals surface area contributed by atoms with Crippen molar-refractivity contribution in [2.24, 2.45) is 0 Å². The van der Waals surface area contributed by atoms with Gasteiger partial charge in [-0.1, -0.05) is 89.1 Å². The number of quaternary nitrogens is 1. The summed E-state index contributed by atoms with van der Waals surface area (Å²) < 4.78 is 3.01. The summed E-state index contributed by atoms with van der Waals surface area (Å²) in [6.45, 7) is 11.6. The van der Waals surface area contributed by atoms with Gasteiger partial charge in [0.15, 0.2) is 0 Å². The third-order valence-corrected chi connectivity index (χ3v) is 7.28. The molecule has 2 nitrogen and oxygen atoms in total. The summed E-state index contributed by atoms with van der Waals surface area (Å²) in [7, 11) is 9.44. The number of halogens is 4. The van der Waals surface area contributed by atoms with Crippen LogP contribution in [0.1, 0.15) is 75.6 Å². The van der Waals surface area contributed by atoms with Gasteiger partial charge in [-0.2, -0.15) is 0 Å². The maximum Gasteiger partial charge on any atom is 0.104 e. The van der Waals surface area contributed by atoms with Crippen molar-refractivity contribution >= 4 is 84.7 Å². The minimum atomic E-state index is 0. The van der Waals surface area contributed by atoms with Crippen molar-refractivity contribution in [1.82, 2.24) is 4.67 Å². The maximum absolute atomic E-state index is 5.62. The fourth-order valence-corrected chi connectivity index (χ4v) is 3.48. The van der Waals surface area contributed by atoms with E-state index in [4.69, 9.17) is 34.4 Å². The van der Waals surface area contributed by atoms with Crippen molar-refractivity contribution in [2.45, 2.75) is 78.6 Å². The lowest BCUT2D eigenvalue weighted by molar-refractivity contribution is -0.903. The molecule has 2 rings (SSSR count). The lowest BCUT2D eigenvalue weighted by Gasteiger charge is -2.29. The standard InChI is InChI=1S/C15H26N.C9H11Cl.C4H9Cl.C2H6NPS.ClPS.ClH/c1-5-7-12-16(3,4)13-15-10-8-14(6-2)9-11-15;1-2-8-3-5-9(7-10)6-4-8;1-2-3-4-5;1-3(2)4-5;1-2-3;/h8-11H,5-7,12-13H2,1-4H3;3-6H,2,7H2,1H3;2-4H2,1H3;1-2H3;;1H/q+1;;;;;. The second kappa shape index (κ2) is 34.1. The summed E-state index contributed by atoms with van der Waals surface area (Å²) >= 11 is 24.4. The minimum Gasteiger partial charge on any atom is -0.325 e. The van der Waals surface area contributed by atoms with E-state index in [1.165, 1.54) is 48.1 Å². The summed E-state index contributed by atoms with van der Waals surface area (Å²) in [5.41, 5.74) is 5.45. The van der Waals surface area contributed by atoms with Crippen LogP contribution < -0.4 is 0 Å². The first-order valence-electron chi connectivity index (χ1n) is 13.6. The van der Waals surface area contributed by atoms with E-state index in [-0.39, 0.29) is 12.4 Å². The van der Waals surface area contributed by atoms with Gasteiger partial charge < -0.3 is 4.48 Å². The average molecular weight is 710 g/mol. The zero-order valence-corrected chi connectivity index (χ0v) is 32.3. The molecule has 232 valence electrons. The lowest BCUT2D eigenvalue weighted by Crippen LogP contribution is -2.39. The van der Waals surface area contributed by atoms with Crippen molar-refractivity contribution < 1.29 is 4.48 Å². The molecule has 0 fully saturated rings. The van der Waals surface area contributed by atoms with Gasteiger partial charge in [-0.3, -0.25) is 4.67 Å². The Morgan fingerprint density at radius 1 is 0.725 bits per heavy atom. The van der Waals surface area contributed by atoms with Crippen molar-refractivity contribution in [2.75, 3.05) is 40.6 Å². The Labute approximate surface area is 282 Å². The highest BCUT2D eigenvalue weighted by Crippen LogP contribution is 2.12. The zero-order chi connectivity index (χ0) is 30.5. The zero-order valence-electron chi connectivity index (χ0n) is 25.8. The molecule has 0 bridgehead atoms. The van der Waals surface area contributed by atoms with Gasteiger partial charge in [0, 0.05) is 17.3 Å². The van der Waals surface area contributed by atoms with Crippen LogP contribution >= 0.6 is 61.1 Å². The predicted molar refractivity (Wildman–Crippen MR) is 198 cm³/mol. The molecule has 40 heavy (non-hydrogen) atoms. The van der Waals surface area contributed by atoms with Gasteiger partial charge in [0.1, 0.15) is 6.54 Å². The summed E-state index contributed by atoms with van der Waals surface area (Å²) in [6.07, 6.45) is 7.21. The Balaban J connectivity index is -0.000000231. The van der Waals surface area contributed by atoms with Crippen LogP contribution in [-0.4, -0.2) is 49.8 Å². The molecular weight excluding hydrogens is 656 g/mol. The molecule has 0 saturated carbocycles. The number of hydrogen-bond acceptors (Lipinski definition) is 2. The van der Waals surface area contributed by atoms with Gasteiger partial charge in [0.25, 0.3) is 0 Å². The predicted octanol–water partition coefficient (Wildman–Crippen LogP) is 11.5. The molecule has 2 aromatic rings. The molecule has 0 N–H and O–H groups in total. The van der Waals surface area contributed by atoms with Crippen LogP contribution in [0.3, 0.4) is 0 Å². The lowest BCUT2D eigenvalue weighted by atomic mass is 10.1. The van der Waals surface area contributed by atoms with Gasteiger partial charge in [0.2, 0.25) is 0 Å². The maximum atomic E-state index is 5.62. The number of unbranched alkanes of at least 4 members (excludes halogenated alkanes) is 2. The van der Waals surface area contributed by atoms with Crippen molar-refractivity contribution in [3.63, 3.8) is 0 Å². The molecule has 10 heteroatoms. The second-order valence-corrected chi connectivity index (χ2v) is 13.6. The van der Waals surface area contributed by atoms with Crippen molar-refractivity contribution in [3.8, 4) is 0 Å². The van der Waals surface area contributed by atoms with Crippen LogP contribution in [0.4, 0.5) is 0 Å². The fraction of sp³-hybridized carbons (Fsp3) is 0.600. The third kappa shape index (κ3) is 33.1. The first-order chi connectivity index (χ1) is 18.5. The van der Waals surface area contributed by atoms with E-state index < -0.39 is 0 Å². The Bertz CT molecular complexity index is 785. The Hall–Kier alpha value is 0.560. The minimum absolute atomic E-state index is 0. The van der Waals surface area contributed by atoms with E-state index in [0.717, 1.165) is 43.7 Å². The van der Waals surface area contributed by atoms with Crippen LogP contribution in [0.25, 0.3) is 0 Å². The summed E-state index contributed by atoms with van der Waals surface area (Å²) in [6, 6.07) is 17.5. The highest BCUT2D eigenvalue weighted by molar-refractivity contribution is 8.08. The molecule has 0 spiro atoms. The van der Waals surface area contributed by atoms with E-state index in [9.17, 15) is 0 Å². The van der Waals surface area contributed by atoms with Crippen LogP contribution in [0.2, 0.25) is 0 Å². The van der Waals surface area contributed by atoms with E-state index in [1.54, 1.807) is 0 Å². The molecule has 0 amide bonds. The number of hydrogen-bond donors (Lipinski definition) is 0. The van der Waals surface area contributed by atoms with Gasteiger partial charge in [-0.15, -0.1) is 35.6 Å². The first kappa shape index (κ1) is 47.5. The highest BCUT2D eigenvalue weighted by atomic mass is 35.7. The van der Waals surface area contributed by atoms with Gasteiger partial charge >= 0.3 is 0 Å². The van der Waals surface area contributed by atoms with Gasteiger partial charge in [-0.25, -0.2) is 0 Å². The molecule has 0 unspecified atom stereocenters. The van der Waals surface area contributed by atoms with Crippen molar-refractivity contribution in [1.29, 1.82) is 0 Å². The number of rotatable bonds is 11. The normalized spacial score (nSPS) is 10.0. The molecule has 0 aliphatic heterocycles. The quantitative estimate of drug-likeness (QED) is 0.130. The Kier molecular flexibility index (Phi) is 40.4. The molecule has 2 aromatic carbocycles.